The zero-order valence-corrected chi connectivity index (χ0v) is 23.9. The molecule has 0 amide bonds. The predicted octanol–water partition coefficient (Wildman–Crippen LogP) is 5.04. The average Bonchev–Trinajstić information content (AvgIpc) is 3.64. The fourth-order valence-electron chi connectivity index (χ4n) is 5.71. The van der Waals surface area contributed by atoms with E-state index in [0.29, 0.717) is 36.5 Å². The van der Waals surface area contributed by atoms with Crippen LogP contribution < -0.4 is 24.4 Å². The Hall–Kier alpha value is -4.40. The van der Waals surface area contributed by atoms with Gasteiger partial charge in [0.2, 0.25) is 11.2 Å². The Morgan fingerprint density at radius 2 is 1.80 bits per heavy atom. The van der Waals surface area contributed by atoms with Crippen LogP contribution in [0.25, 0.3) is 11.1 Å². The first-order valence-corrected chi connectivity index (χ1v) is 13.8. The SMILES string of the molecule is COc1cc2c(c(OC)c1OC)-c1ccc(OC)c(=O)cc1[C@@H](n1cc(CCCCC(=O)C3=CC=CC3)nn1)CC2. The molecule has 9 heteroatoms. The zero-order chi connectivity index (χ0) is 28.9. The van der Waals surface area contributed by atoms with E-state index in [0.717, 1.165) is 59.2 Å². The van der Waals surface area contributed by atoms with Gasteiger partial charge in [-0.1, -0.05) is 29.5 Å². The number of aromatic nitrogens is 3. The van der Waals surface area contributed by atoms with Crippen LogP contribution in [0.2, 0.25) is 0 Å². The van der Waals surface area contributed by atoms with E-state index in [9.17, 15) is 9.59 Å². The van der Waals surface area contributed by atoms with E-state index >= 15 is 0 Å². The lowest BCUT2D eigenvalue weighted by Gasteiger charge is -2.19. The van der Waals surface area contributed by atoms with Crippen molar-refractivity contribution >= 4 is 5.78 Å². The van der Waals surface area contributed by atoms with Gasteiger partial charge < -0.3 is 18.9 Å². The second kappa shape index (κ2) is 12.4. The molecule has 0 saturated carbocycles. The number of hydrogen-bond acceptors (Lipinski definition) is 8. The maximum absolute atomic E-state index is 13.1. The molecule has 9 nitrogen and oxygen atoms in total. The Labute approximate surface area is 239 Å². The summed E-state index contributed by atoms with van der Waals surface area (Å²) in [6, 6.07) is 6.93. The number of ketones is 1. The Balaban J connectivity index is 1.48. The smallest absolute Gasteiger partial charge is 0.220 e. The van der Waals surface area contributed by atoms with E-state index in [-0.39, 0.29) is 23.0 Å². The number of carbonyl (C=O) groups is 1. The lowest BCUT2D eigenvalue weighted by molar-refractivity contribution is -0.115. The molecule has 2 aliphatic carbocycles. The van der Waals surface area contributed by atoms with Crippen LogP contribution in [0.5, 0.6) is 23.0 Å². The number of benzene rings is 1. The summed E-state index contributed by atoms with van der Waals surface area (Å²) in [5.74, 6) is 2.07. The highest BCUT2D eigenvalue weighted by molar-refractivity contribution is 5.96. The monoisotopic (exact) mass is 557 g/mol. The maximum Gasteiger partial charge on any atom is 0.220 e. The number of Topliss-reactive ketones (excluding diaryl/α,β-unsaturated/α-hetero) is 1. The number of hydrogen-bond donors (Lipinski definition) is 0. The van der Waals surface area contributed by atoms with Crippen LogP contribution in [0.3, 0.4) is 0 Å². The molecule has 2 aromatic carbocycles. The first kappa shape index (κ1) is 28.1. The van der Waals surface area contributed by atoms with E-state index in [2.05, 4.69) is 10.3 Å². The summed E-state index contributed by atoms with van der Waals surface area (Å²) in [4.78, 5) is 25.5. The molecular formula is C32H35N3O6. The number of aryl methyl sites for hydroxylation is 2. The molecule has 0 bridgehead atoms. The summed E-state index contributed by atoms with van der Waals surface area (Å²) in [7, 11) is 6.26. The third kappa shape index (κ3) is 5.62. The van der Waals surface area contributed by atoms with Gasteiger partial charge >= 0.3 is 0 Å². The van der Waals surface area contributed by atoms with Crippen LogP contribution in [0, 0.1) is 0 Å². The summed E-state index contributed by atoms with van der Waals surface area (Å²) >= 11 is 0. The third-order valence-electron chi connectivity index (χ3n) is 7.78. The van der Waals surface area contributed by atoms with Gasteiger partial charge in [-0.25, -0.2) is 4.68 Å². The second-order valence-corrected chi connectivity index (χ2v) is 10.2. The summed E-state index contributed by atoms with van der Waals surface area (Å²) in [6.45, 7) is 0. The van der Waals surface area contributed by atoms with Crippen LogP contribution >= 0.6 is 0 Å². The molecule has 41 heavy (non-hydrogen) atoms. The van der Waals surface area contributed by atoms with Gasteiger partial charge in [-0.2, -0.15) is 0 Å². The lowest BCUT2D eigenvalue weighted by atomic mass is 9.95. The first-order chi connectivity index (χ1) is 20.0. The van der Waals surface area contributed by atoms with Crippen LogP contribution in [-0.2, 0) is 17.6 Å². The molecule has 3 aromatic rings. The van der Waals surface area contributed by atoms with E-state index < -0.39 is 0 Å². The van der Waals surface area contributed by atoms with E-state index in [4.69, 9.17) is 18.9 Å². The number of ether oxygens (including phenoxy) is 4. The Morgan fingerprint density at radius 3 is 2.51 bits per heavy atom. The van der Waals surface area contributed by atoms with Crippen molar-refractivity contribution in [2.45, 2.75) is 51.0 Å². The number of unbranched alkanes of at least 4 members (excludes halogenated alkanes) is 1. The van der Waals surface area contributed by atoms with Crippen LogP contribution in [0.15, 0.2) is 59.1 Å². The van der Waals surface area contributed by atoms with Gasteiger partial charge in [0.1, 0.15) is 0 Å². The normalized spacial score (nSPS) is 15.4. The Kier molecular flexibility index (Phi) is 8.52. The molecular weight excluding hydrogens is 522 g/mol. The molecule has 0 unspecified atom stereocenters. The molecule has 1 aromatic heterocycles. The van der Waals surface area contributed by atoms with Crippen molar-refractivity contribution in [2.75, 3.05) is 28.4 Å². The van der Waals surface area contributed by atoms with E-state index in [1.807, 2.05) is 41.2 Å². The highest BCUT2D eigenvalue weighted by Crippen LogP contribution is 2.50. The Morgan fingerprint density at radius 1 is 1.00 bits per heavy atom. The van der Waals surface area contributed by atoms with Crippen molar-refractivity contribution in [3.8, 4) is 34.1 Å². The van der Waals surface area contributed by atoms with Gasteiger partial charge in [0, 0.05) is 18.2 Å². The number of rotatable bonds is 11. The van der Waals surface area contributed by atoms with Crippen molar-refractivity contribution in [2.24, 2.45) is 0 Å². The standard InChI is InChI=1S/C32H35N3O6/c1-38-28-16-14-23-24(18-27(28)37)25(15-13-21-17-29(39-2)31(40-3)32(41-4)30(21)23)35-19-22(33-34-35)11-7-8-12-26(36)20-9-5-6-10-20/h5-6,9,14,16-19,25H,7-8,10-13,15H2,1-4H3/t25-/m0/s1. The summed E-state index contributed by atoms with van der Waals surface area (Å²) in [6.07, 6.45) is 12.8. The fourth-order valence-corrected chi connectivity index (χ4v) is 5.71. The summed E-state index contributed by atoms with van der Waals surface area (Å²) in [5, 5.41) is 8.93. The summed E-state index contributed by atoms with van der Waals surface area (Å²) < 4.78 is 24.4. The number of fused-ring (bicyclic) bond motifs is 3. The minimum absolute atomic E-state index is 0.216. The van der Waals surface area contributed by atoms with Gasteiger partial charge in [-0.3, -0.25) is 9.59 Å². The molecule has 0 N–H and O–H groups in total. The van der Waals surface area contributed by atoms with E-state index in [1.165, 1.54) is 7.11 Å². The van der Waals surface area contributed by atoms with Gasteiger partial charge in [0.15, 0.2) is 23.0 Å². The minimum Gasteiger partial charge on any atom is -0.493 e. The van der Waals surface area contributed by atoms with Crippen molar-refractivity contribution < 1.29 is 23.7 Å². The quantitative estimate of drug-likeness (QED) is 0.302. The van der Waals surface area contributed by atoms with E-state index in [1.54, 1.807) is 33.5 Å². The van der Waals surface area contributed by atoms with Crippen LogP contribution in [0.1, 0.15) is 55.0 Å². The van der Waals surface area contributed by atoms with Gasteiger partial charge in [0.05, 0.1) is 40.2 Å². The number of nitrogens with zero attached hydrogens (tertiary/aromatic N) is 3. The average molecular weight is 558 g/mol. The number of allylic oxidation sites excluding steroid dienone is 4. The van der Waals surface area contributed by atoms with Crippen molar-refractivity contribution in [1.82, 2.24) is 15.0 Å². The van der Waals surface area contributed by atoms with Crippen molar-refractivity contribution in [1.29, 1.82) is 0 Å². The van der Waals surface area contributed by atoms with Crippen molar-refractivity contribution in [3.05, 3.63) is 81.3 Å². The lowest BCUT2D eigenvalue weighted by Crippen LogP contribution is -2.13. The van der Waals surface area contributed by atoms with Crippen LogP contribution in [-0.4, -0.2) is 49.2 Å². The number of methoxy groups -OCH3 is 4. The molecule has 1 heterocycles. The molecule has 2 aliphatic rings. The highest BCUT2D eigenvalue weighted by Gasteiger charge is 2.30. The molecule has 0 radical (unpaired) electrons. The highest BCUT2D eigenvalue weighted by atomic mass is 16.5. The summed E-state index contributed by atoms with van der Waals surface area (Å²) in [5.41, 5.74) is 4.99. The molecule has 0 fully saturated rings. The topological polar surface area (TPSA) is 102 Å². The van der Waals surface area contributed by atoms with Gasteiger partial charge in [0.25, 0.3) is 0 Å². The maximum atomic E-state index is 13.1. The first-order valence-electron chi connectivity index (χ1n) is 13.8. The van der Waals surface area contributed by atoms with Gasteiger partial charge in [-0.15, -0.1) is 5.10 Å². The minimum atomic E-state index is -0.256. The molecule has 0 aliphatic heterocycles. The van der Waals surface area contributed by atoms with Crippen LogP contribution in [0.4, 0.5) is 0 Å². The van der Waals surface area contributed by atoms with Crippen molar-refractivity contribution in [3.63, 3.8) is 0 Å². The number of carbonyl (C=O) groups excluding carboxylic acids is 1. The molecule has 5 rings (SSSR count). The molecule has 0 saturated heterocycles. The molecule has 0 spiro atoms. The Bertz CT molecular complexity index is 1570. The fraction of sp³-hybridized carbons (Fsp3) is 0.375. The second-order valence-electron chi connectivity index (χ2n) is 10.2. The largest absolute Gasteiger partial charge is 0.493 e. The predicted molar refractivity (Wildman–Crippen MR) is 155 cm³/mol. The zero-order valence-electron chi connectivity index (χ0n) is 23.9. The molecule has 1 atom stereocenters. The third-order valence-corrected chi connectivity index (χ3v) is 7.78. The molecule has 214 valence electrons. The van der Waals surface area contributed by atoms with Gasteiger partial charge in [-0.05, 0) is 79.0 Å².